The maximum absolute atomic E-state index is 13.3. The number of rotatable bonds is 7. The highest BCUT2D eigenvalue weighted by Crippen LogP contribution is 2.40. The molecule has 2 aliphatic heterocycles. The first-order valence-corrected chi connectivity index (χ1v) is 10.0. The van der Waals surface area contributed by atoms with Crippen molar-refractivity contribution in [3.63, 3.8) is 0 Å². The molecule has 0 radical (unpaired) electrons. The van der Waals surface area contributed by atoms with Crippen LogP contribution in [0.1, 0.15) is 48.5 Å². The maximum atomic E-state index is 13.3. The topological polar surface area (TPSA) is 51.1 Å². The number of fused-ring (bicyclic) bond motifs is 4. The van der Waals surface area contributed by atoms with Crippen molar-refractivity contribution in [3.05, 3.63) is 47.5 Å². The fourth-order valence-electron chi connectivity index (χ4n) is 3.90. The molecule has 2 aromatic rings. The number of anilines is 1. The van der Waals surface area contributed by atoms with E-state index in [2.05, 4.69) is 18.0 Å². The van der Waals surface area contributed by atoms with Gasteiger partial charge in [-0.2, -0.15) is 0 Å². The zero-order valence-corrected chi connectivity index (χ0v) is 16.5. The highest BCUT2D eigenvalue weighted by Gasteiger charge is 2.36. The minimum absolute atomic E-state index is 0.0461. The van der Waals surface area contributed by atoms with Crippen LogP contribution >= 0.6 is 0 Å². The first-order chi connectivity index (χ1) is 13.7. The normalized spacial score (nSPS) is 17.0. The fraction of sp³-hybridized carbons (Fsp3) is 0.391. The summed E-state index contributed by atoms with van der Waals surface area (Å²) in [5, 5.41) is 0. The van der Waals surface area contributed by atoms with Gasteiger partial charge in [0.2, 0.25) is 0 Å². The molecule has 2 aromatic carbocycles. The predicted octanol–water partition coefficient (Wildman–Crippen LogP) is 4.94. The molecule has 0 spiro atoms. The molecule has 0 aliphatic carbocycles. The van der Waals surface area contributed by atoms with Gasteiger partial charge in [-0.25, -0.2) is 0 Å². The summed E-state index contributed by atoms with van der Waals surface area (Å²) in [4.78, 5) is 19.8. The van der Waals surface area contributed by atoms with Crippen LogP contribution in [0.3, 0.4) is 0 Å². The summed E-state index contributed by atoms with van der Waals surface area (Å²) in [6.45, 7) is 2.82. The average Bonchev–Trinajstić information content (AvgIpc) is 3.03. The molecular formula is C23H26N2O3. The number of amides is 1. The monoisotopic (exact) mass is 378 g/mol. The lowest BCUT2D eigenvalue weighted by atomic mass is 10.1. The van der Waals surface area contributed by atoms with Crippen molar-refractivity contribution >= 4 is 23.5 Å². The van der Waals surface area contributed by atoms with Crippen molar-refractivity contribution in [3.8, 4) is 11.5 Å². The van der Waals surface area contributed by atoms with E-state index >= 15 is 0 Å². The summed E-state index contributed by atoms with van der Waals surface area (Å²) in [7, 11) is 1.60. The van der Waals surface area contributed by atoms with Crippen LogP contribution < -0.4 is 14.4 Å². The lowest BCUT2D eigenvalue weighted by Gasteiger charge is -2.22. The quantitative estimate of drug-likeness (QED) is 0.641. The number of hydrogen-bond donors (Lipinski definition) is 0. The summed E-state index contributed by atoms with van der Waals surface area (Å²) >= 11 is 0. The van der Waals surface area contributed by atoms with Gasteiger partial charge in [0.15, 0.2) is 11.5 Å². The van der Waals surface area contributed by atoms with E-state index in [0.29, 0.717) is 29.4 Å². The molecule has 2 aliphatic rings. The molecule has 0 N–H and O–H groups in total. The second kappa shape index (κ2) is 8.05. The summed E-state index contributed by atoms with van der Waals surface area (Å²) in [6.07, 6.45) is 7.22. The Hall–Kier alpha value is -2.82. The van der Waals surface area contributed by atoms with Crippen LogP contribution in [0.15, 0.2) is 41.4 Å². The molecule has 5 nitrogen and oxygen atoms in total. The standard InChI is InChI=1S/C23H26N2O3/c1-3-4-5-8-11-28-22-14-19-18(13-21(22)27-2)23(26)25-17(15-24-19)12-16-9-6-7-10-20(16)25/h6-7,9-10,13-15,17H,3-5,8,11-12H2,1-2H3/t17-/m0/s1. The van der Waals surface area contributed by atoms with Crippen molar-refractivity contribution in [1.82, 2.24) is 0 Å². The van der Waals surface area contributed by atoms with Crippen LogP contribution in [0, 0.1) is 0 Å². The number of unbranched alkanes of at least 4 members (excludes halogenated alkanes) is 3. The zero-order chi connectivity index (χ0) is 19.5. The Bertz CT molecular complexity index is 907. The van der Waals surface area contributed by atoms with E-state index in [1.165, 1.54) is 18.4 Å². The Kier molecular flexibility index (Phi) is 5.33. The van der Waals surface area contributed by atoms with E-state index in [-0.39, 0.29) is 11.9 Å². The van der Waals surface area contributed by atoms with Crippen LogP contribution in [0.2, 0.25) is 0 Å². The van der Waals surface area contributed by atoms with Gasteiger partial charge < -0.3 is 9.47 Å². The van der Waals surface area contributed by atoms with E-state index in [1.807, 2.05) is 35.4 Å². The second-order valence-electron chi connectivity index (χ2n) is 7.28. The van der Waals surface area contributed by atoms with Gasteiger partial charge in [0.05, 0.1) is 31.0 Å². The second-order valence-corrected chi connectivity index (χ2v) is 7.28. The molecule has 0 saturated heterocycles. The number of nitrogens with zero attached hydrogens (tertiary/aromatic N) is 2. The Morgan fingerprint density at radius 3 is 2.82 bits per heavy atom. The molecule has 0 unspecified atom stereocenters. The van der Waals surface area contributed by atoms with Crippen LogP contribution in [0.4, 0.5) is 11.4 Å². The van der Waals surface area contributed by atoms with Crippen molar-refractivity contribution in [2.24, 2.45) is 4.99 Å². The van der Waals surface area contributed by atoms with E-state index in [4.69, 9.17) is 9.47 Å². The molecule has 4 rings (SSSR count). The highest BCUT2D eigenvalue weighted by atomic mass is 16.5. The van der Waals surface area contributed by atoms with Gasteiger partial charge in [-0.15, -0.1) is 0 Å². The summed E-state index contributed by atoms with van der Waals surface area (Å²) < 4.78 is 11.5. The molecule has 0 saturated carbocycles. The summed E-state index contributed by atoms with van der Waals surface area (Å²) in [5.74, 6) is 1.17. The largest absolute Gasteiger partial charge is 0.493 e. The van der Waals surface area contributed by atoms with Gasteiger partial charge in [-0.05, 0) is 24.1 Å². The highest BCUT2D eigenvalue weighted by molar-refractivity contribution is 6.14. The molecule has 5 heteroatoms. The SMILES string of the molecule is CCCCCCOc1cc2c(cc1OC)C(=O)N1c3ccccc3C[C@H]1C=N2. The van der Waals surface area contributed by atoms with Crippen LogP contribution in [0.5, 0.6) is 11.5 Å². The van der Waals surface area contributed by atoms with Gasteiger partial charge in [-0.1, -0.05) is 44.4 Å². The molecule has 2 heterocycles. The Morgan fingerprint density at radius 1 is 1.14 bits per heavy atom. The average molecular weight is 378 g/mol. The molecule has 0 aromatic heterocycles. The zero-order valence-electron chi connectivity index (χ0n) is 16.5. The lowest BCUT2D eigenvalue weighted by molar-refractivity contribution is 0.0986. The molecule has 1 amide bonds. The molecule has 28 heavy (non-hydrogen) atoms. The van der Waals surface area contributed by atoms with E-state index in [1.54, 1.807) is 13.2 Å². The van der Waals surface area contributed by atoms with Crippen molar-refractivity contribution in [2.75, 3.05) is 18.6 Å². The number of benzene rings is 2. The van der Waals surface area contributed by atoms with E-state index in [9.17, 15) is 4.79 Å². The molecular weight excluding hydrogens is 352 g/mol. The Morgan fingerprint density at radius 2 is 2.00 bits per heavy atom. The number of carbonyl (C=O) groups excluding carboxylic acids is 1. The molecule has 146 valence electrons. The van der Waals surface area contributed by atoms with Crippen molar-refractivity contribution in [1.29, 1.82) is 0 Å². The first kappa shape index (κ1) is 18.5. The Labute approximate surface area is 166 Å². The number of methoxy groups -OCH3 is 1. The number of aliphatic imine (C=N–C) groups is 1. The van der Waals surface area contributed by atoms with E-state index < -0.39 is 0 Å². The van der Waals surface area contributed by atoms with E-state index in [0.717, 1.165) is 24.9 Å². The lowest BCUT2D eigenvalue weighted by Crippen LogP contribution is -2.37. The van der Waals surface area contributed by atoms with Crippen LogP contribution in [-0.4, -0.2) is 31.9 Å². The van der Waals surface area contributed by atoms with Gasteiger partial charge in [0.25, 0.3) is 5.91 Å². The van der Waals surface area contributed by atoms with Gasteiger partial charge in [0.1, 0.15) is 0 Å². The predicted molar refractivity (Wildman–Crippen MR) is 112 cm³/mol. The minimum Gasteiger partial charge on any atom is -0.493 e. The number of hydrogen-bond acceptors (Lipinski definition) is 4. The summed E-state index contributed by atoms with van der Waals surface area (Å²) in [5.41, 5.74) is 3.33. The third-order valence-corrected chi connectivity index (χ3v) is 5.38. The number of ether oxygens (including phenoxy) is 2. The molecule has 1 atom stereocenters. The summed E-state index contributed by atoms with van der Waals surface area (Å²) in [6, 6.07) is 11.6. The third kappa shape index (κ3) is 3.37. The number of para-hydroxylation sites is 1. The van der Waals surface area contributed by atoms with Crippen LogP contribution in [-0.2, 0) is 6.42 Å². The minimum atomic E-state index is -0.0540. The fourth-order valence-corrected chi connectivity index (χ4v) is 3.90. The number of carbonyl (C=O) groups is 1. The molecule has 0 bridgehead atoms. The van der Waals surface area contributed by atoms with Crippen LogP contribution in [0.25, 0.3) is 0 Å². The maximum Gasteiger partial charge on any atom is 0.261 e. The van der Waals surface area contributed by atoms with Gasteiger partial charge >= 0.3 is 0 Å². The van der Waals surface area contributed by atoms with Crippen molar-refractivity contribution in [2.45, 2.75) is 45.1 Å². The van der Waals surface area contributed by atoms with Crippen molar-refractivity contribution < 1.29 is 14.3 Å². The molecule has 0 fully saturated rings. The first-order valence-electron chi connectivity index (χ1n) is 10.0. The smallest absolute Gasteiger partial charge is 0.261 e. The Balaban J connectivity index is 1.62. The third-order valence-electron chi connectivity index (χ3n) is 5.38. The van der Waals surface area contributed by atoms with Gasteiger partial charge in [-0.3, -0.25) is 14.7 Å². The van der Waals surface area contributed by atoms with Gasteiger partial charge in [0, 0.05) is 24.4 Å².